The van der Waals surface area contributed by atoms with Gasteiger partial charge < -0.3 is 20.3 Å². The third kappa shape index (κ3) is 6.63. The minimum absolute atomic E-state index is 0.0244. The van der Waals surface area contributed by atoms with E-state index in [0.29, 0.717) is 23.4 Å². The first kappa shape index (κ1) is 23.9. The highest BCUT2D eigenvalue weighted by Crippen LogP contribution is 2.24. The van der Waals surface area contributed by atoms with Crippen molar-refractivity contribution in [1.29, 1.82) is 0 Å². The number of aromatic nitrogens is 1. The number of likely N-dealkylation sites (tertiary alicyclic amines) is 1. The van der Waals surface area contributed by atoms with Crippen LogP contribution in [0.3, 0.4) is 0 Å². The minimum atomic E-state index is -0.852. The molecule has 0 unspecified atom stereocenters. The van der Waals surface area contributed by atoms with E-state index in [-0.39, 0.29) is 18.2 Å². The van der Waals surface area contributed by atoms with Crippen LogP contribution in [-0.4, -0.2) is 40.7 Å². The summed E-state index contributed by atoms with van der Waals surface area (Å²) in [6, 6.07) is 14.4. The summed E-state index contributed by atoms with van der Waals surface area (Å²) in [6.07, 6.45) is 5.43. The summed E-state index contributed by atoms with van der Waals surface area (Å²) in [7, 11) is 0. The molecule has 1 aliphatic heterocycles. The maximum absolute atomic E-state index is 14.3. The number of halogens is 1. The smallest absolute Gasteiger partial charge is 0.313 e. The lowest BCUT2D eigenvalue weighted by Crippen LogP contribution is -2.35. The summed E-state index contributed by atoms with van der Waals surface area (Å²) >= 11 is 0. The molecule has 0 radical (unpaired) electrons. The van der Waals surface area contributed by atoms with Crippen molar-refractivity contribution in [1.82, 2.24) is 15.2 Å². The predicted molar refractivity (Wildman–Crippen MR) is 127 cm³/mol. The Kier molecular flexibility index (Phi) is 7.67. The van der Waals surface area contributed by atoms with Crippen molar-refractivity contribution in [2.24, 2.45) is 0 Å². The van der Waals surface area contributed by atoms with Crippen LogP contribution in [0.5, 0.6) is 11.5 Å². The Bertz CT molecular complexity index is 1200. The van der Waals surface area contributed by atoms with Crippen molar-refractivity contribution < 1.29 is 23.5 Å². The standard InChI is InChI=1S/C26H25FN4O4/c27-22-14-19(7-10-23(22)35-21-4-3-11-28-17-21)16-29-25(33)26(34)30-20-8-5-18(6-9-20)15-24(32)31-12-1-2-13-31/h3-11,14,17H,1-2,12-13,15-16H2,(H,29,33)(H,30,34). The highest BCUT2D eigenvalue weighted by molar-refractivity contribution is 6.39. The van der Waals surface area contributed by atoms with Gasteiger partial charge in [-0.1, -0.05) is 18.2 Å². The molecule has 4 rings (SSSR count). The fourth-order valence-electron chi connectivity index (χ4n) is 3.68. The number of carbonyl (C=O) groups excluding carboxylic acids is 3. The number of rotatable bonds is 7. The Morgan fingerprint density at radius 3 is 2.40 bits per heavy atom. The van der Waals surface area contributed by atoms with Gasteiger partial charge in [0.25, 0.3) is 0 Å². The van der Waals surface area contributed by atoms with Crippen molar-refractivity contribution in [2.45, 2.75) is 25.8 Å². The van der Waals surface area contributed by atoms with E-state index in [9.17, 15) is 18.8 Å². The van der Waals surface area contributed by atoms with Crippen LogP contribution < -0.4 is 15.4 Å². The number of carbonyl (C=O) groups is 3. The number of nitrogens with zero attached hydrogens (tertiary/aromatic N) is 2. The van der Waals surface area contributed by atoms with Gasteiger partial charge in [-0.3, -0.25) is 19.4 Å². The highest BCUT2D eigenvalue weighted by Gasteiger charge is 2.18. The maximum Gasteiger partial charge on any atom is 0.313 e. The molecular formula is C26H25FN4O4. The first-order valence-corrected chi connectivity index (χ1v) is 11.3. The number of hydrogen-bond acceptors (Lipinski definition) is 5. The van der Waals surface area contributed by atoms with Crippen LogP contribution >= 0.6 is 0 Å². The number of amides is 3. The van der Waals surface area contributed by atoms with Gasteiger partial charge in [-0.2, -0.15) is 0 Å². The molecule has 3 amide bonds. The summed E-state index contributed by atoms with van der Waals surface area (Å²) in [5.41, 5.74) is 1.74. The van der Waals surface area contributed by atoms with Crippen molar-refractivity contribution in [3.8, 4) is 11.5 Å². The second kappa shape index (κ2) is 11.2. The molecule has 2 N–H and O–H groups in total. The summed E-state index contributed by atoms with van der Waals surface area (Å²) in [5.74, 6) is -1.79. The molecule has 1 aromatic heterocycles. The lowest BCUT2D eigenvalue weighted by molar-refractivity contribution is -0.136. The minimum Gasteiger partial charge on any atom is -0.453 e. The quantitative estimate of drug-likeness (QED) is 0.509. The van der Waals surface area contributed by atoms with Gasteiger partial charge in [-0.15, -0.1) is 0 Å². The number of nitrogens with one attached hydrogen (secondary N) is 2. The van der Waals surface area contributed by atoms with Crippen LogP contribution in [0, 0.1) is 5.82 Å². The Balaban J connectivity index is 1.25. The lowest BCUT2D eigenvalue weighted by Gasteiger charge is -2.15. The van der Waals surface area contributed by atoms with Gasteiger partial charge >= 0.3 is 11.8 Å². The predicted octanol–water partition coefficient (Wildman–Crippen LogP) is 3.43. The van der Waals surface area contributed by atoms with E-state index in [0.717, 1.165) is 31.5 Å². The van der Waals surface area contributed by atoms with Gasteiger partial charge in [0, 0.05) is 31.5 Å². The molecule has 0 saturated carbocycles. The molecule has 2 heterocycles. The zero-order chi connectivity index (χ0) is 24.6. The zero-order valence-electron chi connectivity index (χ0n) is 19.0. The summed E-state index contributed by atoms with van der Waals surface area (Å²) in [6.45, 7) is 1.57. The van der Waals surface area contributed by atoms with Crippen LogP contribution in [0.1, 0.15) is 24.0 Å². The van der Waals surface area contributed by atoms with Crippen molar-refractivity contribution in [3.63, 3.8) is 0 Å². The Morgan fingerprint density at radius 1 is 0.971 bits per heavy atom. The molecule has 0 bridgehead atoms. The van der Waals surface area contributed by atoms with E-state index in [2.05, 4.69) is 15.6 Å². The molecule has 1 saturated heterocycles. The highest BCUT2D eigenvalue weighted by atomic mass is 19.1. The lowest BCUT2D eigenvalue weighted by atomic mass is 10.1. The summed E-state index contributed by atoms with van der Waals surface area (Å²) in [4.78, 5) is 42.4. The number of ether oxygens (including phenoxy) is 1. The molecule has 9 heteroatoms. The normalized spacial score (nSPS) is 12.8. The van der Waals surface area contributed by atoms with E-state index < -0.39 is 17.6 Å². The third-order valence-corrected chi connectivity index (χ3v) is 5.54. The van der Waals surface area contributed by atoms with Gasteiger partial charge in [-0.05, 0) is 60.4 Å². The fourth-order valence-corrected chi connectivity index (χ4v) is 3.68. The molecule has 0 spiro atoms. The molecule has 8 nitrogen and oxygen atoms in total. The average molecular weight is 477 g/mol. The van der Waals surface area contributed by atoms with E-state index in [1.54, 1.807) is 48.7 Å². The van der Waals surface area contributed by atoms with Crippen molar-refractivity contribution in [2.75, 3.05) is 18.4 Å². The number of pyridine rings is 1. The van der Waals surface area contributed by atoms with Crippen molar-refractivity contribution >= 4 is 23.4 Å². The first-order chi connectivity index (χ1) is 17.0. The zero-order valence-corrected chi connectivity index (χ0v) is 19.0. The summed E-state index contributed by atoms with van der Waals surface area (Å²) in [5, 5.41) is 4.98. The fraction of sp³-hybridized carbons (Fsp3) is 0.231. The van der Waals surface area contributed by atoms with Crippen LogP contribution in [0.25, 0.3) is 0 Å². The van der Waals surface area contributed by atoms with Gasteiger partial charge in [-0.25, -0.2) is 4.39 Å². The number of anilines is 1. The van der Waals surface area contributed by atoms with Gasteiger partial charge in [0.2, 0.25) is 5.91 Å². The Hall–Kier alpha value is -4.27. The van der Waals surface area contributed by atoms with Gasteiger partial charge in [0.1, 0.15) is 5.75 Å². The first-order valence-electron chi connectivity index (χ1n) is 11.3. The second-order valence-corrected chi connectivity index (χ2v) is 8.15. The molecular weight excluding hydrogens is 451 g/mol. The molecule has 180 valence electrons. The SMILES string of the molecule is O=C(NCc1ccc(Oc2cccnc2)c(F)c1)C(=O)Nc1ccc(CC(=O)N2CCCC2)cc1. The molecule has 2 aromatic carbocycles. The monoisotopic (exact) mass is 476 g/mol. The van der Waals surface area contributed by atoms with Crippen LogP contribution in [0.2, 0.25) is 0 Å². The summed E-state index contributed by atoms with van der Waals surface area (Å²) < 4.78 is 19.8. The average Bonchev–Trinajstić information content (AvgIpc) is 3.41. The van der Waals surface area contributed by atoms with Crippen LogP contribution in [0.15, 0.2) is 67.0 Å². The van der Waals surface area contributed by atoms with E-state index in [4.69, 9.17) is 4.74 Å². The number of benzene rings is 2. The Labute approximate surface area is 202 Å². The second-order valence-electron chi connectivity index (χ2n) is 8.15. The van der Waals surface area contributed by atoms with Crippen LogP contribution in [-0.2, 0) is 27.3 Å². The topological polar surface area (TPSA) is 101 Å². The largest absolute Gasteiger partial charge is 0.453 e. The van der Waals surface area contributed by atoms with Crippen molar-refractivity contribution in [3.05, 3.63) is 83.9 Å². The van der Waals surface area contributed by atoms with E-state index in [1.807, 2.05) is 4.90 Å². The number of hydrogen-bond donors (Lipinski definition) is 2. The van der Waals surface area contributed by atoms with E-state index in [1.165, 1.54) is 18.3 Å². The molecule has 1 aliphatic rings. The van der Waals surface area contributed by atoms with Crippen LogP contribution in [0.4, 0.5) is 10.1 Å². The molecule has 0 atom stereocenters. The van der Waals surface area contributed by atoms with Gasteiger partial charge in [0.15, 0.2) is 11.6 Å². The molecule has 1 fully saturated rings. The Morgan fingerprint density at radius 2 is 1.71 bits per heavy atom. The molecule has 3 aromatic rings. The van der Waals surface area contributed by atoms with E-state index >= 15 is 0 Å². The third-order valence-electron chi connectivity index (χ3n) is 5.54. The molecule has 0 aliphatic carbocycles. The maximum atomic E-state index is 14.3. The van der Waals surface area contributed by atoms with Gasteiger partial charge in [0.05, 0.1) is 12.6 Å². The molecule has 35 heavy (non-hydrogen) atoms.